The van der Waals surface area contributed by atoms with E-state index in [9.17, 15) is 9.59 Å². The van der Waals surface area contributed by atoms with Crippen molar-refractivity contribution in [3.05, 3.63) is 24.0 Å². The first-order valence-electron chi connectivity index (χ1n) is 6.34. The standard InChI is InChI=1S/C13H16N2O5/c16-8-12(17)15-3-1-10(2-4-15)20-11-5-9(13(18)19)6-14-7-11/h5-7,10,16H,1-4,8H2,(H,18,19). The summed E-state index contributed by atoms with van der Waals surface area (Å²) in [7, 11) is 0. The van der Waals surface area contributed by atoms with Gasteiger partial charge in [0.05, 0.1) is 11.8 Å². The van der Waals surface area contributed by atoms with E-state index in [2.05, 4.69) is 4.98 Å². The molecule has 0 unspecified atom stereocenters. The number of carbonyl (C=O) groups is 2. The Morgan fingerprint density at radius 1 is 1.35 bits per heavy atom. The zero-order valence-corrected chi connectivity index (χ0v) is 10.9. The van der Waals surface area contributed by atoms with Crippen LogP contribution in [-0.2, 0) is 4.79 Å². The van der Waals surface area contributed by atoms with Gasteiger partial charge < -0.3 is 19.8 Å². The van der Waals surface area contributed by atoms with Crippen molar-refractivity contribution in [2.24, 2.45) is 0 Å². The third kappa shape index (κ3) is 3.45. The van der Waals surface area contributed by atoms with Crippen molar-refractivity contribution in [3.63, 3.8) is 0 Å². The average molecular weight is 280 g/mol. The van der Waals surface area contributed by atoms with E-state index in [4.69, 9.17) is 14.9 Å². The van der Waals surface area contributed by atoms with Gasteiger partial charge in [0, 0.05) is 32.1 Å². The molecule has 0 atom stereocenters. The molecule has 0 saturated carbocycles. The first kappa shape index (κ1) is 14.3. The number of carbonyl (C=O) groups excluding carboxylic acids is 1. The van der Waals surface area contributed by atoms with Gasteiger partial charge in [-0.3, -0.25) is 9.78 Å². The number of carboxylic acid groups (broad SMARTS) is 1. The zero-order chi connectivity index (χ0) is 14.5. The quantitative estimate of drug-likeness (QED) is 0.814. The number of rotatable bonds is 4. The van der Waals surface area contributed by atoms with Gasteiger partial charge in [0.25, 0.3) is 0 Å². The summed E-state index contributed by atoms with van der Waals surface area (Å²) in [6, 6.07) is 1.43. The number of aliphatic hydroxyl groups is 1. The van der Waals surface area contributed by atoms with Gasteiger partial charge >= 0.3 is 5.97 Å². The Morgan fingerprint density at radius 2 is 2.05 bits per heavy atom. The van der Waals surface area contributed by atoms with Crippen molar-refractivity contribution < 1.29 is 24.5 Å². The van der Waals surface area contributed by atoms with Crippen molar-refractivity contribution >= 4 is 11.9 Å². The number of aromatic nitrogens is 1. The third-order valence-electron chi connectivity index (χ3n) is 3.19. The number of aromatic carboxylic acids is 1. The molecule has 2 rings (SSSR count). The number of pyridine rings is 1. The Hall–Kier alpha value is -2.15. The normalized spacial score (nSPS) is 15.9. The van der Waals surface area contributed by atoms with E-state index in [0.29, 0.717) is 31.7 Å². The lowest BCUT2D eigenvalue weighted by Crippen LogP contribution is -2.42. The summed E-state index contributed by atoms with van der Waals surface area (Å²) in [4.78, 5) is 27.6. The number of ether oxygens (including phenoxy) is 1. The SMILES string of the molecule is O=C(O)c1cncc(OC2CCN(C(=O)CO)CC2)c1. The highest BCUT2D eigenvalue weighted by Gasteiger charge is 2.23. The van der Waals surface area contributed by atoms with Crippen molar-refractivity contribution in [3.8, 4) is 5.75 Å². The molecule has 2 N–H and O–H groups in total. The lowest BCUT2D eigenvalue weighted by molar-refractivity contribution is -0.135. The van der Waals surface area contributed by atoms with E-state index in [1.165, 1.54) is 18.5 Å². The second kappa shape index (κ2) is 6.33. The fourth-order valence-electron chi connectivity index (χ4n) is 2.12. The Bertz CT molecular complexity index is 497. The van der Waals surface area contributed by atoms with Gasteiger partial charge in [-0.2, -0.15) is 0 Å². The number of hydrogen-bond donors (Lipinski definition) is 2. The largest absolute Gasteiger partial charge is 0.489 e. The lowest BCUT2D eigenvalue weighted by atomic mass is 10.1. The Labute approximate surface area is 115 Å². The molecular formula is C13H16N2O5. The monoisotopic (exact) mass is 280 g/mol. The van der Waals surface area contributed by atoms with Crippen LogP contribution in [0.4, 0.5) is 0 Å². The summed E-state index contributed by atoms with van der Waals surface area (Å²) in [5.74, 6) is -0.916. The highest BCUT2D eigenvalue weighted by atomic mass is 16.5. The molecule has 108 valence electrons. The van der Waals surface area contributed by atoms with E-state index in [-0.39, 0.29) is 17.6 Å². The van der Waals surface area contributed by atoms with Crippen LogP contribution in [0.2, 0.25) is 0 Å². The third-order valence-corrected chi connectivity index (χ3v) is 3.19. The van der Waals surface area contributed by atoms with Gasteiger partial charge in [0.1, 0.15) is 18.5 Å². The van der Waals surface area contributed by atoms with Gasteiger partial charge in [-0.1, -0.05) is 0 Å². The highest BCUT2D eigenvalue weighted by Crippen LogP contribution is 2.19. The maximum Gasteiger partial charge on any atom is 0.337 e. The number of carboxylic acids is 1. The Kier molecular flexibility index (Phi) is 4.52. The summed E-state index contributed by atoms with van der Waals surface area (Å²) in [5.41, 5.74) is 0.0791. The fourth-order valence-corrected chi connectivity index (χ4v) is 2.12. The molecule has 0 radical (unpaired) electrons. The van der Waals surface area contributed by atoms with E-state index < -0.39 is 12.6 Å². The molecule has 0 bridgehead atoms. The summed E-state index contributed by atoms with van der Waals surface area (Å²) >= 11 is 0. The molecular weight excluding hydrogens is 264 g/mol. The van der Waals surface area contributed by atoms with Crippen LogP contribution in [0.25, 0.3) is 0 Å². The molecule has 7 nitrogen and oxygen atoms in total. The van der Waals surface area contributed by atoms with Gasteiger partial charge in [0.15, 0.2) is 0 Å². The number of nitrogens with zero attached hydrogens (tertiary/aromatic N) is 2. The number of piperidine rings is 1. The highest BCUT2D eigenvalue weighted by molar-refractivity contribution is 5.87. The molecule has 1 aromatic rings. The fraction of sp³-hybridized carbons (Fsp3) is 0.462. The summed E-state index contributed by atoms with van der Waals surface area (Å²) < 4.78 is 5.68. The summed E-state index contributed by atoms with van der Waals surface area (Å²) in [5, 5.41) is 17.7. The lowest BCUT2D eigenvalue weighted by Gasteiger charge is -2.31. The molecule has 0 spiro atoms. The van der Waals surface area contributed by atoms with Crippen LogP contribution in [0.1, 0.15) is 23.2 Å². The van der Waals surface area contributed by atoms with Crippen LogP contribution in [-0.4, -0.2) is 57.8 Å². The van der Waals surface area contributed by atoms with Crippen molar-refractivity contribution in [1.29, 1.82) is 0 Å². The number of amides is 1. The first-order chi connectivity index (χ1) is 9.60. The summed E-state index contributed by atoms with van der Waals surface area (Å²) in [6.45, 7) is 0.572. The van der Waals surface area contributed by atoms with Crippen molar-refractivity contribution in [1.82, 2.24) is 9.88 Å². The van der Waals surface area contributed by atoms with E-state index in [0.717, 1.165) is 0 Å². The minimum atomic E-state index is -1.05. The molecule has 1 amide bonds. The number of likely N-dealkylation sites (tertiary alicyclic amines) is 1. The smallest absolute Gasteiger partial charge is 0.337 e. The second-order valence-electron chi connectivity index (χ2n) is 4.57. The topological polar surface area (TPSA) is 100.0 Å². The molecule has 7 heteroatoms. The minimum Gasteiger partial charge on any atom is -0.489 e. The predicted octanol–water partition coefficient (Wildman–Crippen LogP) is 0.142. The molecule has 20 heavy (non-hydrogen) atoms. The molecule has 1 aromatic heterocycles. The van der Waals surface area contributed by atoms with Gasteiger partial charge in [-0.05, 0) is 6.07 Å². The van der Waals surface area contributed by atoms with Crippen molar-refractivity contribution in [2.45, 2.75) is 18.9 Å². The first-order valence-corrected chi connectivity index (χ1v) is 6.34. The van der Waals surface area contributed by atoms with E-state index >= 15 is 0 Å². The van der Waals surface area contributed by atoms with Gasteiger partial charge in [-0.25, -0.2) is 4.79 Å². The second-order valence-corrected chi connectivity index (χ2v) is 4.57. The molecule has 1 saturated heterocycles. The van der Waals surface area contributed by atoms with E-state index in [1.807, 2.05) is 0 Å². The molecule has 1 aliphatic rings. The summed E-state index contributed by atoms with van der Waals surface area (Å²) in [6.07, 6.45) is 3.94. The number of aliphatic hydroxyl groups excluding tert-OH is 1. The molecule has 0 aliphatic carbocycles. The molecule has 0 aromatic carbocycles. The van der Waals surface area contributed by atoms with Gasteiger partial charge in [0.2, 0.25) is 5.91 Å². The molecule has 1 fully saturated rings. The molecule has 1 aliphatic heterocycles. The maximum absolute atomic E-state index is 11.3. The zero-order valence-electron chi connectivity index (χ0n) is 10.9. The van der Waals surface area contributed by atoms with Crippen LogP contribution in [0.5, 0.6) is 5.75 Å². The van der Waals surface area contributed by atoms with Gasteiger partial charge in [-0.15, -0.1) is 0 Å². The number of hydrogen-bond acceptors (Lipinski definition) is 5. The van der Waals surface area contributed by atoms with Crippen LogP contribution < -0.4 is 4.74 Å². The van der Waals surface area contributed by atoms with Crippen LogP contribution in [0, 0.1) is 0 Å². The van der Waals surface area contributed by atoms with Crippen LogP contribution in [0.15, 0.2) is 18.5 Å². The maximum atomic E-state index is 11.3. The van der Waals surface area contributed by atoms with Crippen LogP contribution >= 0.6 is 0 Å². The van der Waals surface area contributed by atoms with E-state index in [1.54, 1.807) is 4.90 Å². The Morgan fingerprint density at radius 3 is 2.65 bits per heavy atom. The average Bonchev–Trinajstić information content (AvgIpc) is 2.47. The molecule has 2 heterocycles. The predicted molar refractivity (Wildman–Crippen MR) is 68.5 cm³/mol. The minimum absolute atomic E-state index is 0.0791. The van der Waals surface area contributed by atoms with Crippen LogP contribution in [0.3, 0.4) is 0 Å². The van der Waals surface area contributed by atoms with Crippen molar-refractivity contribution in [2.75, 3.05) is 19.7 Å². The Balaban J connectivity index is 1.91.